The van der Waals surface area contributed by atoms with E-state index < -0.39 is 20.0 Å². The van der Waals surface area contributed by atoms with E-state index in [0.29, 0.717) is 23.9 Å². The van der Waals surface area contributed by atoms with Gasteiger partial charge in [0.05, 0.1) is 39.9 Å². The molecule has 2 N–H and O–H groups in total. The van der Waals surface area contributed by atoms with Gasteiger partial charge in [0.2, 0.25) is 5.91 Å². The number of nitrogens with zero attached hydrogens (tertiary/aromatic N) is 1. The van der Waals surface area contributed by atoms with Crippen molar-refractivity contribution in [3.05, 3.63) is 0 Å². The fourth-order valence-corrected chi connectivity index (χ4v) is 9.41. The Balaban J connectivity index is 4.16. The van der Waals surface area contributed by atoms with Gasteiger partial charge in [-0.15, -0.1) is 0 Å². The van der Waals surface area contributed by atoms with Crippen LogP contribution < -0.4 is 10.2 Å². The van der Waals surface area contributed by atoms with Crippen molar-refractivity contribution in [2.24, 2.45) is 0 Å². The van der Waals surface area contributed by atoms with Gasteiger partial charge in [-0.25, -0.2) is 0 Å². The Hall–Kier alpha value is -0.500. The summed E-state index contributed by atoms with van der Waals surface area (Å²) in [4.78, 5) is 25.5. The number of hydrogen-bond acceptors (Lipinski definition) is 6. The van der Waals surface area contributed by atoms with Crippen LogP contribution in [0.2, 0.25) is 0 Å². The number of aliphatic hydroxyl groups is 1. The van der Waals surface area contributed by atoms with Crippen LogP contribution >= 0.6 is 7.82 Å². The predicted molar refractivity (Wildman–Crippen MR) is 270 cm³/mol. The second-order valence-corrected chi connectivity index (χ2v) is 22.1. The number of quaternary nitrogens is 1. The number of carbonyl (C=O) groups excluding carboxylic acids is 1. The maximum atomic E-state index is 13.0. The van der Waals surface area contributed by atoms with Crippen LogP contribution in [0, 0.1) is 0 Å². The standard InChI is InChI=1S/C54H111N2O6P/c1-6-8-10-12-14-16-18-20-22-24-26-28-30-32-34-36-38-40-42-44-46-48-54(58)55-52(51-62-63(59,60)61-50-49-56(3,4)5)53(57)47-45-43-41-39-37-35-33-31-29-27-25-23-21-19-17-15-13-11-9-7-2/h52-53,57H,6-51H2,1-5H3,(H-,55,58,59,60). The SMILES string of the molecule is CCCCCCCCCCCCCCCCCCCCCCCC(=O)NC(COP(=O)([O-])OCC[N+](C)(C)C)C(O)CCCCCCCCCCCCCCCCCCCCCC. The summed E-state index contributed by atoms with van der Waals surface area (Å²) in [5.74, 6) is -0.157. The number of amides is 1. The van der Waals surface area contributed by atoms with E-state index in [-0.39, 0.29) is 19.1 Å². The molecular formula is C54H111N2O6P. The maximum absolute atomic E-state index is 13.0. The minimum absolute atomic E-state index is 0.0166. The first-order chi connectivity index (χ1) is 30.5. The van der Waals surface area contributed by atoms with Crippen molar-refractivity contribution in [1.82, 2.24) is 5.32 Å². The Morgan fingerprint density at radius 1 is 0.492 bits per heavy atom. The number of rotatable bonds is 52. The largest absolute Gasteiger partial charge is 0.756 e. The number of phosphoric acid groups is 1. The molecule has 63 heavy (non-hydrogen) atoms. The second-order valence-electron chi connectivity index (χ2n) is 20.7. The Labute approximate surface area is 393 Å². The molecule has 3 atom stereocenters. The average molecular weight is 915 g/mol. The molecule has 0 aliphatic heterocycles. The topological polar surface area (TPSA) is 108 Å². The van der Waals surface area contributed by atoms with Gasteiger partial charge in [-0.05, 0) is 12.8 Å². The zero-order chi connectivity index (χ0) is 46.4. The molecule has 0 rings (SSSR count). The lowest BCUT2D eigenvalue weighted by Crippen LogP contribution is -2.46. The lowest BCUT2D eigenvalue weighted by atomic mass is 10.0. The molecule has 378 valence electrons. The minimum Gasteiger partial charge on any atom is -0.756 e. The summed E-state index contributed by atoms with van der Waals surface area (Å²) in [7, 11) is 1.32. The van der Waals surface area contributed by atoms with E-state index in [4.69, 9.17) is 9.05 Å². The second kappa shape index (κ2) is 46.6. The van der Waals surface area contributed by atoms with E-state index in [9.17, 15) is 19.4 Å². The highest BCUT2D eigenvalue weighted by atomic mass is 31.2. The van der Waals surface area contributed by atoms with Crippen LogP contribution in [0.25, 0.3) is 0 Å². The molecule has 0 heterocycles. The highest BCUT2D eigenvalue weighted by Crippen LogP contribution is 2.38. The summed E-state index contributed by atoms with van der Waals surface area (Å²) in [6, 6.07) is -0.794. The van der Waals surface area contributed by atoms with Gasteiger partial charge in [0.1, 0.15) is 13.2 Å². The van der Waals surface area contributed by atoms with Gasteiger partial charge in [-0.1, -0.05) is 271 Å². The number of hydrogen-bond donors (Lipinski definition) is 2. The van der Waals surface area contributed by atoms with Crippen molar-refractivity contribution in [2.75, 3.05) is 40.9 Å². The summed E-state index contributed by atoms with van der Waals surface area (Å²) in [5.41, 5.74) is 0. The van der Waals surface area contributed by atoms with Crippen LogP contribution in [0.1, 0.15) is 290 Å². The first kappa shape index (κ1) is 62.5. The van der Waals surface area contributed by atoms with Gasteiger partial charge in [0.15, 0.2) is 0 Å². The van der Waals surface area contributed by atoms with E-state index in [2.05, 4.69) is 19.2 Å². The summed E-state index contributed by atoms with van der Waals surface area (Å²) in [6.45, 7) is 4.78. The fourth-order valence-electron chi connectivity index (χ4n) is 8.69. The zero-order valence-corrected chi connectivity index (χ0v) is 44.0. The van der Waals surface area contributed by atoms with Crippen molar-refractivity contribution in [1.29, 1.82) is 0 Å². The normalized spacial score (nSPS) is 14.0. The molecule has 8 nitrogen and oxygen atoms in total. The molecule has 9 heteroatoms. The fraction of sp³-hybridized carbons (Fsp3) is 0.981. The number of carbonyl (C=O) groups is 1. The Bertz CT molecular complexity index is 994. The van der Waals surface area contributed by atoms with E-state index in [1.165, 1.54) is 225 Å². The highest BCUT2D eigenvalue weighted by molar-refractivity contribution is 7.45. The molecule has 0 aromatic heterocycles. The molecule has 0 radical (unpaired) electrons. The lowest BCUT2D eigenvalue weighted by Gasteiger charge is -2.30. The Morgan fingerprint density at radius 2 is 0.778 bits per heavy atom. The Morgan fingerprint density at radius 3 is 1.08 bits per heavy atom. The molecule has 0 aromatic carbocycles. The summed E-state index contributed by atoms with van der Waals surface area (Å²) in [5, 5.41) is 14.0. The summed E-state index contributed by atoms with van der Waals surface area (Å²) >= 11 is 0. The van der Waals surface area contributed by atoms with Crippen LogP contribution in [0.5, 0.6) is 0 Å². The quantitative estimate of drug-likeness (QED) is 0.0357. The van der Waals surface area contributed by atoms with Gasteiger partial charge in [-0.2, -0.15) is 0 Å². The predicted octanol–water partition coefficient (Wildman–Crippen LogP) is 15.9. The average Bonchev–Trinajstić information content (AvgIpc) is 3.24. The number of likely N-dealkylation sites (N-methyl/N-ethyl adjacent to an activating group) is 1. The van der Waals surface area contributed by atoms with Crippen molar-refractivity contribution in [3.8, 4) is 0 Å². The molecule has 0 aromatic rings. The molecule has 0 aliphatic rings. The van der Waals surface area contributed by atoms with Crippen LogP contribution in [-0.2, 0) is 18.4 Å². The first-order valence-electron chi connectivity index (χ1n) is 27.9. The van der Waals surface area contributed by atoms with Crippen LogP contribution in [-0.4, -0.2) is 68.5 Å². The maximum Gasteiger partial charge on any atom is 0.268 e. The van der Waals surface area contributed by atoms with Gasteiger partial charge in [0, 0.05) is 6.42 Å². The van der Waals surface area contributed by atoms with Crippen LogP contribution in [0.3, 0.4) is 0 Å². The molecule has 0 fully saturated rings. The molecule has 0 bridgehead atoms. The number of unbranched alkanes of at least 4 members (excludes halogenated alkanes) is 39. The minimum atomic E-state index is -4.57. The Kier molecular flexibility index (Phi) is 46.2. The molecular weight excluding hydrogens is 804 g/mol. The van der Waals surface area contributed by atoms with Crippen molar-refractivity contribution < 1.29 is 32.9 Å². The van der Waals surface area contributed by atoms with Crippen molar-refractivity contribution >= 4 is 13.7 Å². The van der Waals surface area contributed by atoms with E-state index in [0.717, 1.165) is 38.5 Å². The summed E-state index contributed by atoms with van der Waals surface area (Å²) < 4.78 is 23.4. The molecule has 0 saturated heterocycles. The van der Waals surface area contributed by atoms with Crippen LogP contribution in [0.4, 0.5) is 0 Å². The molecule has 3 unspecified atom stereocenters. The highest BCUT2D eigenvalue weighted by Gasteiger charge is 2.24. The van der Waals surface area contributed by atoms with Crippen molar-refractivity contribution in [3.63, 3.8) is 0 Å². The molecule has 1 amide bonds. The number of phosphoric ester groups is 1. The van der Waals surface area contributed by atoms with Gasteiger partial charge in [-0.3, -0.25) is 9.36 Å². The van der Waals surface area contributed by atoms with Gasteiger partial charge in [0.25, 0.3) is 7.82 Å². The van der Waals surface area contributed by atoms with Crippen LogP contribution in [0.15, 0.2) is 0 Å². The van der Waals surface area contributed by atoms with E-state index in [1.54, 1.807) is 0 Å². The van der Waals surface area contributed by atoms with Crippen molar-refractivity contribution in [2.45, 2.75) is 302 Å². The van der Waals surface area contributed by atoms with Gasteiger partial charge >= 0.3 is 0 Å². The third-order valence-electron chi connectivity index (χ3n) is 13.1. The molecule has 0 saturated carbocycles. The van der Waals surface area contributed by atoms with E-state index >= 15 is 0 Å². The number of nitrogens with one attached hydrogen (secondary N) is 1. The third kappa shape index (κ3) is 49.2. The molecule has 0 spiro atoms. The molecule has 0 aliphatic carbocycles. The lowest BCUT2D eigenvalue weighted by molar-refractivity contribution is -0.870. The first-order valence-corrected chi connectivity index (χ1v) is 29.3. The summed E-state index contributed by atoms with van der Waals surface area (Å²) in [6.07, 6.45) is 54.1. The van der Waals surface area contributed by atoms with E-state index in [1.807, 2.05) is 21.1 Å². The third-order valence-corrected chi connectivity index (χ3v) is 14.1. The monoisotopic (exact) mass is 915 g/mol. The smallest absolute Gasteiger partial charge is 0.268 e. The van der Waals surface area contributed by atoms with Gasteiger partial charge < -0.3 is 28.8 Å². The number of aliphatic hydroxyl groups excluding tert-OH is 1. The zero-order valence-electron chi connectivity index (χ0n) is 43.1.